The van der Waals surface area contributed by atoms with Gasteiger partial charge in [-0.1, -0.05) is 66.1 Å². The maximum Gasteiger partial charge on any atom is 0.114 e. The normalized spacial score (nSPS) is 12.3. The molecule has 0 nitrogen and oxygen atoms in total. The Balaban J connectivity index is 1.92. The number of benzene rings is 4. The first-order valence-corrected chi connectivity index (χ1v) is 8.91. The maximum atomic E-state index is 6.51. The molecule has 0 aliphatic heterocycles. The van der Waals surface area contributed by atoms with Gasteiger partial charge in [-0.25, -0.2) is 0 Å². The lowest BCUT2D eigenvalue weighted by Crippen LogP contribution is -2.03. The molecule has 5 aromatic rings. The van der Waals surface area contributed by atoms with Gasteiger partial charge in [-0.2, -0.15) is 0 Å². The van der Waals surface area contributed by atoms with Crippen molar-refractivity contribution in [3.8, 4) is 22.3 Å². The molecular formula is C22H11BS. The number of rotatable bonds is 0. The smallest absolute Gasteiger partial charge is 0.114 e. The van der Waals surface area contributed by atoms with Gasteiger partial charge in [-0.05, 0) is 44.3 Å². The molecule has 0 bridgehead atoms. The molecule has 0 unspecified atom stereocenters. The Morgan fingerprint density at radius 1 is 0.708 bits per heavy atom. The summed E-state index contributed by atoms with van der Waals surface area (Å²) in [4.78, 5) is 0. The van der Waals surface area contributed by atoms with Gasteiger partial charge in [0, 0.05) is 15.0 Å². The highest BCUT2D eigenvalue weighted by Gasteiger charge is 2.25. The molecule has 1 aliphatic rings. The summed E-state index contributed by atoms with van der Waals surface area (Å²) in [5, 5.41) is 5.13. The van der Waals surface area contributed by atoms with Crippen molar-refractivity contribution in [1.29, 1.82) is 0 Å². The number of thiophene rings is 1. The highest BCUT2D eigenvalue weighted by molar-refractivity contribution is 7.26. The van der Waals surface area contributed by atoms with Gasteiger partial charge in [0.2, 0.25) is 0 Å². The van der Waals surface area contributed by atoms with E-state index in [1.54, 1.807) is 0 Å². The van der Waals surface area contributed by atoms with Crippen LogP contribution >= 0.6 is 11.3 Å². The van der Waals surface area contributed by atoms with Crippen molar-refractivity contribution in [2.75, 3.05) is 0 Å². The van der Waals surface area contributed by atoms with Crippen LogP contribution in [0.4, 0.5) is 0 Å². The molecule has 0 fully saturated rings. The average Bonchev–Trinajstić information content (AvgIpc) is 3.14. The topological polar surface area (TPSA) is 0 Å². The fourth-order valence-corrected chi connectivity index (χ4v) is 5.48. The van der Waals surface area contributed by atoms with Gasteiger partial charge in [-0.3, -0.25) is 0 Å². The molecule has 0 saturated heterocycles. The van der Waals surface area contributed by atoms with Crippen LogP contribution in [0.15, 0.2) is 66.7 Å². The van der Waals surface area contributed by atoms with Crippen LogP contribution in [0.1, 0.15) is 0 Å². The summed E-state index contributed by atoms with van der Waals surface area (Å²) in [5.74, 6) is 0. The molecule has 24 heavy (non-hydrogen) atoms. The number of hydrogen-bond acceptors (Lipinski definition) is 1. The Bertz CT molecular complexity index is 1310. The molecule has 1 aromatic heterocycles. The van der Waals surface area contributed by atoms with Crippen molar-refractivity contribution in [1.82, 2.24) is 0 Å². The Hall–Kier alpha value is -2.58. The Morgan fingerprint density at radius 2 is 1.50 bits per heavy atom. The third-order valence-corrected chi connectivity index (χ3v) is 6.33. The number of hydrogen-bond donors (Lipinski definition) is 0. The molecule has 2 radical (unpaired) electrons. The molecule has 2 heteroatoms. The van der Waals surface area contributed by atoms with Gasteiger partial charge in [0.05, 0.1) is 0 Å². The predicted molar refractivity (Wildman–Crippen MR) is 107 cm³/mol. The minimum absolute atomic E-state index is 0.881. The summed E-state index contributed by atoms with van der Waals surface area (Å²) in [6.07, 6.45) is 0. The second kappa shape index (κ2) is 4.28. The quantitative estimate of drug-likeness (QED) is 0.318. The first kappa shape index (κ1) is 12.8. The van der Waals surface area contributed by atoms with Crippen LogP contribution in [-0.4, -0.2) is 7.85 Å². The highest BCUT2D eigenvalue weighted by atomic mass is 32.1. The SMILES string of the molecule is [B]c1cc2c(c3sc4ccccc4c13)-c1cccc3cccc-2c13. The van der Waals surface area contributed by atoms with E-state index in [1.807, 2.05) is 11.3 Å². The van der Waals surface area contributed by atoms with Crippen LogP contribution in [0.25, 0.3) is 53.2 Å². The van der Waals surface area contributed by atoms with Crippen molar-refractivity contribution in [3.63, 3.8) is 0 Å². The molecule has 1 heterocycles. The first-order valence-electron chi connectivity index (χ1n) is 8.09. The predicted octanol–water partition coefficient (Wildman–Crippen LogP) is 5.65. The van der Waals surface area contributed by atoms with E-state index in [9.17, 15) is 0 Å². The van der Waals surface area contributed by atoms with Gasteiger partial charge in [0.25, 0.3) is 0 Å². The minimum atomic E-state index is 0.881. The van der Waals surface area contributed by atoms with E-state index in [-0.39, 0.29) is 0 Å². The van der Waals surface area contributed by atoms with Crippen molar-refractivity contribution >= 4 is 55.6 Å². The summed E-state index contributed by atoms with van der Waals surface area (Å²) >= 11 is 1.86. The Morgan fingerprint density at radius 3 is 2.38 bits per heavy atom. The van der Waals surface area contributed by atoms with Crippen LogP contribution in [0.3, 0.4) is 0 Å². The van der Waals surface area contributed by atoms with Gasteiger partial charge in [0.1, 0.15) is 7.85 Å². The van der Waals surface area contributed by atoms with Crippen LogP contribution < -0.4 is 5.46 Å². The lowest BCUT2D eigenvalue weighted by atomic mass is 9.86. The van der Waals surface area contributed by atoms with Crippen molar-refractivity contribution < 1.29 is 0 Å². The molecule has 6 rings (SSSR count). The van der Waals surface area contributed by atoms with Gasteiger partial charge >= 0.3 is 0 Å². The fraction of sp³-hybridized carbons (Fsp3) is 0. The average molecular weight is 318 g/mol. The van der Waals surface area contributed by atoms with E-state index in [2.05, 4.69) is 66.7 Å². The zero-order valence-electron chi connectivity index (χ0n) is 12.8. The van der Waals surface area contributed by atoms with Gasteiger partial charge < -0.3 is 0 Å². The maximum absolute atomic E-state index is 6.51. The summed E-state index contributed by atoms with van der Waals surface area (Å²) in [7, 11) is 6.51. The molecule has 0 N–H and O–H groups in total. The molecule has 0 atom stereocenters. The van der Waals surface area contributed by atoms with Gasteiger partial charge in [0.15, 0.2) is 0 Å². The number of fused-ring (bicyclic) bond motifs is 7. The molecule has 108 valence electrons. The monoisotopic (exact) mass is 318 g/mol. The highest BCUT2D eigenvalue weighted by Crippen LogP contribution is 2.51. The van der Waals surface area contributed by atoms with Gasteiger partial charge in [-0.15, -0.1) is 11.3 Å². The summed E-state index contributed by atoms with van der Waals surface area (Å²) < 4.78 is 2.62. The second-order valence-corrected chi connectivity index (χ2v) is 7.45. The van der Waals surface area contributed by atoms with Crippen molar-refractivity contribution in [2.45, 2.75) is 0 Å². The molecule has 4 aromatic carbocycles. The lowest BCUT2D eigenvalue weighted by Gasteiger charge is -2.07. The second-order valence-electron chi connectivity index (χ2n) is 6.40. The van der Waals surface area contributed by atoms with E-state index in [4.69, 9.17) is 7.85 Å². The Kier molecular flexibility index (Phi) is 2.28. The summed E-state index contributed by atoms with van der Waals surface area (Å²) in [6.45, 7) is 0. The molecular weight excluding hydrogens is 307 g/mol. The standard InChI is InChI=1S/C22H11BS/c23-17-11-16-13-8-3-5-12-6-4-9-15(19(12)13)20(16)22-21(17)14-7-1-2-10-18(14)24-22/h1-11H. The van der Waals surface area contributed by atoms with Crippen LogP contribution in [0, 0.1) is 0 Å². The zero-order valence-corrected chi connectivity index (χ0v) is 13.7. The van der Waals surface area contributed by atoms with E-state index in [0.29, 0.717) is 0 Å². The van der Waals surface area contributed by atoms with Crippen molar-refractivity contribution in [2.24, 2.45) is 0 Å². The third-order valence-electron chi connectivity index (χ3n) is 5.14. The van der Waals surface area contributed by atoms with Crippen LogP contribution in [0.5, 0.6) is 0 Å². The van der Waals surface area contributed by atoms with E-state index >= 15 is 0 Å². The molecule has 0 saturated carbocycles. The van der Waals surface area contributed by atoms with Crippen molar-refractivity contribution in [3.05, 3.63) is 66.7 Å². The molecule has 1 aliphatic carbocycles. The zero-order chi connectivity index (χ0) is 15.8. The molecule has 0 spiro atoms. The van der Waals surface area contributed by atoms with E-state index in [0.717, 1.165) is 5.46 Å². The molecule has 0 amide bonds. The lowest BCUT2D eigenvalue weighted by molar-refractivity contribution is 1.78. The third kappa shape index (κ3) is 1.41. The van der Waals surface area contributed by atoms with E-state index in [1.165, 1.54) is 53.2 Å². The summed E-state index contributed by atoms with van der Waals surface area (Å²) in [5.41, 5.74) is 6.16. The summed E-state index contributed by atoms with van der Waals surface area (Å²) in [6, 6.07) is 23.9. The largest absolute Gasteiger partial charge is 0.135 e. The minimum Gasteiger partial charge on any atom is -0.135 e. The van der Waals surface area contributed by atoms with E-state index < -0.39 is 0 Å². The Labute approximate surface area is 144 Å². The fourth-order valence-electron chi connectivity index (χ4n) is 4.18. The van der Waals surface area contributed by atoms with Crippen LogP contribution in [-0.2, 0) is 0 Å². The van der Waals surface area contributed by atoms with Crippen LogP contribution in [0.2, 0.25) is 0 Å². The first-order chi connectivity index (χ1) is 11.8.